The van der Waals surface area contributed by atoms with Crippen molar-refractivity contribution in [3.63, 3.8) is 0 Å². The van der Waals surface area contributed by atoms with Gasteiger partial charge < -0.3 is 23.5 Å². The number of hydrogen-bond acceptors (Lipinski definition) is 11. The van der Waals surface area contributed by atoms with Gasteiger partial charge in [-0.05, 0) is 68.8 Å². The molecule has 0 aliphatic carbocycles. The summed E-state index contributed by atoms with van der Waals surface area (Å²) in [7, 11) is 2.12. The number of thiophene rings is 1. The van der Waals surface area contributed by atoms with Gasteiger partial charge in [0, 0.05) is 63.5 Å². The Morgan fingerprint density at radius 3 is 2.65 bits per heavy atom. The number of rotatable bonds is 15. The SMILES string of the molecule is [2H]C([2H])(Oc1ccccc1C[C@H](Oc1ncnc2sc(-c3ccc(F)o3)c(-c3ccc(OCCN4CCN(C)CC4)c(Cl)c3C)c12)C(C)=O)c1ccnn1CC. The lowest BCUT2D eigenvalue weighted by atomic mass is 9.97. The van der Waals surface area contributed by atoms with Crippen LogP contribution in [0.2, 0.25) is 5.02 Å². The number of aromatic nitrogens is 4. The molecule has 282 valence electrons. The van der Waals surface area contributed by atoms with E-state index in [1.54, 1.807) is 36.4 Å². The fourth-order valence-electron chi connectivity index (χ4n) is 6.42. The zero-order valence-corrected chi connectivity index (χ0v) is 32.0. The van der Waals surface area contributed by atoms with Gasteiger partial charge in [-0.1, -0.05) is 35.9 Å². The molecule has 2 aromatic carbocycles. The Hall–Kier alpha value is -4.82. The van der Waals surface area contributed by atoms with Gasteiger partial charge in [0.15, 0.2) is 11.9 Å². The number of para-hydroxylation sites is 1. The number of ether oxygens (including phenoxy) is 3. The van der Waals surface area contributed by atoms with E-state index >= 15 is 0 Å². The number of Topliss-reactive ketones (excluding diaryl/α,β-unsaturated/α-hetero) is 1. The number of carbonyl (C=O) groups is 1. The molecule has 0 spiro atoms. The van der Waals surface area contributed by atoms with E-state index in [1.807, 2.05) is 26.0 Å². The van der Waals surface area contributed by atoms with Gasteiger partial charge in [-0.2, -0.15) is 9.49 Å². The second kappa shape index (κ2) is 16.7. The first-order valence-corrected chi connectivity index (χ1v) is 19.0. The summed E-state index contributed by atoms with van der Waals surface area (Å²) in [6, 6.07) is 14.3. The van der Waals surface area contributed by atoms with Crippen molar-refractivity contribution in [3.8, 4) is 39.1 Å². The monoisotopic (exact) mass is 774 g/mol. The van der Waals surface area contributed by atoms with Crippen molar-refractivity contribution in [3.05, 3.63) is 95.0 Å². The number of fused-ring (bicyclic) bond motifs is 1. The van der Waals surface area contributed by atoms with E-state index in [9.17, 15) is 9.18 Å². The Balaban J connectivity index is 1.22. The van der Waals surface area contributed by atoms with Crippen molar-refractivity contribution in [1.29, 1.82) is 0 Å². The second-order valence-electron chi connectivity index (χ2n) is 13.1. The number of aryl methyl sites for hydroxylation is 1. The second-order valence-corrected chi connectivity index (χ2v) is 14.5. The lowest BCUT2D eigenvalue weighted by Crippen LogP contribution is -2.45. The average Bonchev–Trinajstić information content (AvgIpc) is 3.94. The maximum atomic E-state index is 14.3. The lowest BCUT2D eigenvalue weighted by molar-refractivity contribution is -0.123. The van der Waals surface area contributed by atoms with E-state index in [2.05, 4.69) is 31.9 Å². The molecule has 1 aliphatic rings. The number of ketones is 1. The largest absolute Gasteiger partial charge is 0.491 e. The van der Waals surface area contributed by atoms with Crippen LogP contribution in [0.3, 0.4) is 0 Å². The molecule has 1 saturated heterocycles. The average molecular weight is 775 g/mol. The smallest absolute Gasteiger partial charge is 0.278 e. The van der Waals surface area contributed by atoms with Crippen LogP contribution in [0.1, 0.15) is 33.4 Å². The molecule has 0 bridgehead atoms. The summed E-state index contributed by atoms with van der Waals surface area (Å²) in [4.78, 5) is 28.1. The number of nitrogens with zero attached hydrogens (tertiary/aromatic N) is 6. The Bertz CT molecular complexity index is 2340. The molecule has 14 heteroatoms. The van der Waals surface area contributed by atoms with E-state index in [0.717, 1.165) is 32.7 Å². The molecule has 11 nitrogen and oxygen atoms in total. The molecule has 0 amide bonds. The molecule has 1 fully saturated rings. The van der Waals surface area contributed by atoms with Gasteiger partial charge in [-0.15, -0.1) is 11.3 Å². The number of carbonyl (C=O) groups excluding carboxylic acids is 1. The highest BCUT2D eigenvalue weighted by molar-refractivity contribution is 7.22. The number of piperazine rings is 1. The summed E-state index contributed by atoms with van der Waals surface area (Å²) in [6.07, 6.45) is 1.86. The third kappa shape index (κ3) is 8.14. The van der Waals surface area contributed by atoms with E-state index in [-0.39, 0.29) is 35.3 Å². The molecule has 0 saturated carbocycles. The summed E-state index contributed by atoms with van der Waals surface area (Å²) in [5.74, 6) is 0.909. The summed E-state index contributed by atoms with van der Waals surface area (Å²) in [5.41, 5.74) is 2.82. The topological polar surface area (TPSA) is 108 Å². The van der Waals surface area contributed by atoms with Gasteiger partial charge in [0.2, 0.25) is 5.88 Å². The highest BCUT2D eigenvalue weighted by Gasteiger charge is 2.28. The third-order valence-electron chi connectivity index (χ3n) is 9.50. The predicted octanol–water partition coefficient (Wildman–Crippen LogP) is 7.72. The highest BCUT2D eigenvalue weighted by atomic mass is 35.5. The number of likely N-dealkylation sites (N-methyl/N-ethyl adjacent to an activating group) is 1. The van der Waals surface area contributed by atoms with Crippen LogP contribution in [-0.2, 0) is 24.3 Å². The molecule has 1 atom stereocenters. The van der Waals surface area contributed by atoms with Crippen LogP contribution >= 0.6 is 22.9 Å². The maximum absolute atomic E-state index is 14.3. The van der Waals surface area contributed by atoms with Crippen LogP contribution in [-0.4, -0.2) is 87.8 Å². The zero-order chi connectivity index (χ0) is 39.6. The van der Waals surface area contributed by atoms with Crippen LogP contribution in [0, 0.1) is 12.9 Å². The molecular weight excluding hydrogens is 731 g/mol. The Kier molecular flexibility index (Phi) is 10.8. The van der Waals surface area contributed by atoms with Crippen molar-refractivity contribution >= 4 is 38.9 Å². The minimum atomic E-state index is -2.22. The Labute approximate surface area is 325 Å². The first-order valence-electron chi connectivity index (χ1n) is 18.8. The molecule has 54 heavy (non-hydrogen) atoms. The third-order valence-corrected chi connectivity index (χ3v) is 11.1. The van der Waals surface area contributed by atoms with Crippen molar-refractivity contribution in [2.45, 2.75) is 46.4 Å². The Morgan fingerprint density at radius 1 is 1.07 bits per heavy atom. The quantitative estimate of drug-likeness (QED) is 0.103. The molecule has 6 aromatic rings. The minimum Gasteiger partial charge on any atom is -0.491 e. The lowest BCUT2D eigenvalue weighted by Gasteiger charge is -2.32. The molecular formula is C40H42ClFN6O5S. The van der Waals surface area contributed by atoms with Gasteiger partial charge >= 0.3 is 0 Å². The summed E-state index contributed by atoms with van der Waals surface area (Å²) in [6.45, 7) is 8.65. The van der Waals surface area contributed by atoms with Gasteiger partial charge in [0.05, 0.1) is 23.7 Å². The van der Waals surface area contributed by atoms with Gasteiger partial charge in [0.25, 0.3) is 6.01 Å². The molecule has 7 rings (SSSR count). The highest BCUT2D eigenvalue weighted by Crippen LogP contribution is 2.49. The van der Waals surface area contributed by atoms with Crippen LogP contribution < -0.4 is 14.2 Å². The number of halogens is 2. The van der Waals surface area contributed by atoms with Gasteiger partial charge in [-0.25, -0.2) is 9.97 Å². The van der Waals surface area contributed by atoms with E-state index in [0.29, 0.717) is 61.3 Å². The van der Waals surface area contributed by atoms with Crippen LogP contribution in [0.5, 0.6) is 17.4 Å². The van der Waals surface area contributed by atoms with E-state index in [4.69, 9.17) is 33.0 Å². The maximum Gasteiger partial charge on any atom is 0.278 e. The normalized spacial score (nSPS) is 15.2. The standard InChI is InChI=1S/C40H42ClFN6O5S/c1-5-48-28(14-15-45-48)23-51-30-9-7-6-8-27(30)22-33(26(3)49)53-39-36-35(38(32-12-13-34(42)52-32)54-40(36)44-24-43-39)29-10-11-31(37(41)25(29)2)50-21-20-47-18-16-46(4)17-19-47/h6-15,24,33H,5,16-23H2,1-4H3/t33-/m0/s1/i23D2. The molecule has 4 aromatic heterocycles. The first-order chi connectivity index (χ1) is 26.9. The van der Waals surface area contributed by atoms with Gasteiger partial charge in [0.1, 0.15) is 41.6 Å². The number of hydrogen-bond donors (Lipinski definition) is 0. The van der Waals surface area contributed by atoms with Crippen LogP contribution in [0.25, 0.3) is 32.0 Å². The molecule has 0 radical (unpaired) electrons. The molecule has 1 aliphatic heterocycles. The van der Waals surface area contributed by atoms with Crippen LogP contribution in [0.15, 0.2) is 71.5 Å². The van der Waals surface area contributed by atoms with Crippen molar-refractivity contribution in [2.75, 3.05) is 46.4 Å². The summed E-state index contributed by atoms with van der Waals surface area (Å²) in [5, 5.41) is 5.10. The minimum absolute atomic E-state index is 0.0425. The fourth-order valence-corrected chi connectivity index (χ4v) is 7.74. The van der Waals surface area contributed by atoms with E-state index in [1.165, 1.54) is 41.5 Å². The van der Waals surface area contributed by atoms with Crippen molar-refractivity contribution in [1.82, 2.24) is 29.5 Å². The summed E-state index contributed by atoms with van der Waals surface area (Å²) >= 11 is 8.27. The number of furan rings is 1. The first kappa shape index (κ1) is 34.9. The Morgan fingerprint density at radius 2 is 1.89 bits per heavy atom. The van der Waals surface area contributed by atoms with Crippen molar-refractivity contribution in [2.24, 2.45) is 0 Å². The molecule has 0 unspecified atom stereocenters. The van der Waals surface area contributed by atoms with Gasteiger partial charge in [-0.3, -0.25) is 14.4 Å². The van der Waals surface area contributed by atoms with Crippen molar-refractivity contribution < 1.29 is 30.6 Å². The predicted molar refractivity (Wildman–Crippen MR) is 207 cm³/mol. The number of benzene rings is 2. The summed E-state index contributed by atoms with van der Waals surface area (Å²) < 4.78 is 57.4. The van der Waals surface area contributed by atoms with Crippen LogP contribution in [0.4, 0.5) is 4.39 Å². The molecule has 5 heterocycles. The zero-order valence-electron chi connectivity index (χ0n) is 32.5. The molecule has 0 N–H and O–H groups in total. The van der Waals surface area contributed by atoms with E-state index < -0.39 is 18.7 Å². The fraction of sp³-hybridized carbons (Fsp3) is 0.350.